The minimum absolute atomic E-state index is 0.228. The van der Waals surface area contributed by atoms with Crippen molar-refractivity contribution in [2.24, 2.45) is 0 Å². The molecule has 0 bridgehead atoms. The lowest BCUT2D eigenvalue weighted by Gasteiger charge is -2.19. The molecule has 0 spiro atoms. The van der Waals surface area contributed by atoms with E-state index in [1.54, 1.807) is 0 Å². The van der Waals surface area contributed by atoms with Gasteiger partial charge in [0.15, 0.2) is 0 Å². The zero-order valence-corrected chi connectivity index (χ0v) is 12.0. The summed E-state index contributed by atoms with van der Waals surface area (Å²) in [6, 6.07) is 8.26. The van der Waals surface area contributed by atoms with Crippen LogP contribution in [0.25, 0.3) is 0 Å². The summed E-state index contributed by atoms with van der Waals surface area (Å²) in [5.74, 6) is 2.82. The van der Waals surface area contributed by atoms with Crippen molar-refractivity contribution >= 4 is 0 Å². The summed E-state index contributed by atoms with van der Waals surface area (Å²) < 4.78 is 5.95. The highest BCUT2D eigenvalue weighted by Gasteiger charge is 2.23. The van der Waals surface area contributed by atoms with E-state index in [9.17, 15) is 0 Å². The number of nitrogens with one attached hydrogen (secondary N) is 1. The maximum Gasteiger partial charge on any atom is 0.150 e. The van der Waals surface area contributed by atoms with Gasteiger partial charge in [0.05, 0.1) is 6.54 Å². The molecule has 1 aromatic carbocycles. The Morgan fingerprint density at radius 1 is 1.40 bits per heavy atom. The van der Waals surface area contributed by atoms with E-state index in [-0.39, 0.29) is 6.10 Å². The largest absolute Gasteiger partial charge is 0.488 e. The average Bonchev–Trinajstić information content (AvgIpc) is 3.04. The molecular formula is C15H20N4O. The van der Waals surface area contributed by atoms with Gasteiger partial charge in [-0.15, -0.1) is 0 Å². The summed E-state index contributed by atoms with van der Waals surface area (Å²) in [7, 11) is 2.08. The number of fused-ring (bicyclic) bond motifs is 1. The SMILES string of the molecule is CCc1n[nH]c(CN(C)C[C@H]2Cc3ccccc3O2)n1. The lowest BCUT2D eigenvalue weighted by Crippen LogP contribution is -2.31. The summed E-state index contributed by atoms with van der Waals surface area (Å²) in [5.41, 5.74) is 1.30. The van der Waals surface area contributed by atoms with E-state index in [2.05, 4.69) is 46.2 Å². The van der Waals surface area contributed by atoms with Crippen molar-refractivity contribution in [3.63, 3.8) is 0 Å². The van der Waals surface area contributed by atoms with E-state index < -0.39 is 0 Å². The molecule has 5 heteroatoms. The fourth-order valence-electron chi connectivity index (χ4n) is 2.59. The zero-order chi connectivity index (χ0) is 13.9. The Morgan fingerprint density at radius 3 is 3.00 bits per heavy atom. The number of benzene rings is 1. The number of hydrogen-bond donors (Lipinski definition) is 1. The second-order valence-electron chi connectivity index (χ2n) is 5.30. The fourth-order valence-corrected chi connectivity index (χ4v) is 2.59. The summed E-state index contributed by atoms with van der Waals surface area (Å²) in [5, 5.41) is 7.14. The van der Waals surface area contributed by atoms with Crippen molar-refractivity contribution < 1.29 is 4.74 Å². The molecule has 106 valence electrons. The van der Waals surface area contributed by atoms with Crippen LogP contribution in [0.15, 0.2) is 24.3 Å². The molecule has 0 unspecified atom stereocenters. The minimum Gasteiger partial charge on any atom is -0.488 e. The third-order valence-electron chi connectivity index (χ3n) is 3.54. The fraction of sp³-hybridized carbons (Fsp3) is 0.467. The van der Waals surface area contributed by atoms with Gasteiger partial charge in [-0.25, -0.2) is 4.98 Å². The van der Waals surface area contributed by atoms with Crippen LogP contribution in [-0.2, 0) is 19.4 Å². The zero-order valence-electron chi connectivity index (χ0n) is 12.0. The van der Waals surface area contributed by atoms with Gasteiger partial charge in [-0.1, -0.05) is 25.1 Å². The summed E-state index contributed by atoms with van der Waals surface area (Å²) in [6.07, 6.45) is 2.07. The molecule has 0 aliphatic carbocycles. The van der Waals surface area contributed by atoms with Gasteiger partial charge in [-0.3, -0.25) is 10.00 Å². The molecule has 1 N–H and O–H groups in total. The van der Waals surface area contributed by atoms with Crippen LogP contribution < -0.4 is 4.74 Å². The molecule has 1 aliphatic heterocycles. The molecule has 5 nitrogen and oxygen atoms in total. The number of likely N-dealkylation sites (N-methyl/N-ethyl adjacent to an activating group) is 1. The normalized spacial score (nSPS) is 17.2. The smallest absolute Gasteiger partial charge is 0.150 e. The Balaban J connectivity index is 1.54. The van der Waals surface area contributed by atoms with Crippen molar-refractivity contribution in [1.82, 2.24) is 20.1 Å². The van der Waals surface area contributed by atoms with Crippen LogP contribution in [0.2, 0.25) is 0 Å². The van der Waals surface area contributed by atoms with Crippen molar-refractivity contribution in [3.05, 3.63) is 41.5 Å². The summed E-state index contributed by atoms with van der Waals surface area (Å²) in [6.45, 7) is 3.71. The number of para-hydroxylation sites is 1. The Kier molecular flexibility index (Phi) is 3.69. The van der Waals surface area contributed by atoms with Crippen molar-refractivity contribution in [2.45, 2.75) is 32.4 Å². The Morgan fingerprint density at radius 2 is 2.25 bits per heavy atom. The van der Waals surface area contributed by atoms with Gasteiger partial charge in [0.2, 0.25) is 0 Å². The molecule has 1 aliphatic rings. The van der Waals surface area contributed by atoms with Crippen molar-refractivity contribution in [3.8, 4) is 5.75 Å². The molecule has 1 aromatic heterocycles. The standard InChI is InChI=1S/C15H20N4O/c1-3-14-16-15(18-17-14)10-19(2)9-12-8-11-6-4-5-7-13(11)20-12/h4-7,12H,3,8-10H2,1-2H3,(H,16,17,18)/t12-/m1/s1. The average molecular weight is 272 g/mol. The molecule has 0 amide bonds. The van der Waals surface area contributed by atoms with Gasteiger partial charge < -0.3 is 4.74 Å². The Hall–Kier alpha value is -1.88. The molecule has 0 radical (unpaired) electrons. The van der Waals surface area contributed by atoms with Crippen molar-refractivity contribution in [2.75, 3.05) is 13.6 Å². The lowest BCUT2D eigenvalue weighted by molar-refractivity contribution is 0.163. The number of hydrogen-bond acceptors (Lipinski definition) is 4. The van der Waals surface area contributed by atoms with Crippen LogP contribution in [0.1, 0.15) is 24.1 Å². The maximum absolute atomic E-state index is 5.95. The summed E-state index contributed by atoms with van der Waals surface area (Å²) in [4.78, 5) is 6.65. The van der Waals surface area contributed by atoms with E-state index in [4.69, 9.17) is 4.74 Å². The highest BCUT2D eigenvalue weighted by atomic mass is 16.5. The minimum atomic E-state index is 0.228. The van der Waals surface area contributed by atoms with E-state index in [1.165, 1.54) is 5.56 Å². The van der Waals surface area contributed by atoms with Gasteiger partial charge >= 0.3 is 0 Å². The third kappa shape index (κ3) is 2.82. The molecular weight excluding hydrogens is 252 g/mol. The maximum atomic E-state index is 5.95. The predicted octanol–water partition coefficient (Wildman–Crippen LogP) is 1.80. The molecule has 2 heterocycles. The van der Waals surface area contributed by atoms with Gasteiger partial charge in [-0.2, -0.15) is 5.10 Å². The monoisotopic (exact) mass is 272 g/mol. The van der Waals surface area contributed by atoms with Crippen LogP contribution in [0.3, 0.4) is 0 Å². The molecule has 2 aromatic rings. The Bertz CT molecular complexity index is 556. The highest BCUT2D eigenvalue weighted by Crippen LogP contribution is 2.28. The second-order valence-corrected chi connectivity index (χ2v) is 5.30. The van der Waals surface area contributed by atoms with Crippen LogP contribution in [0, 0.1) is 0 Å². The first kappa shape index (κ1) is 13.1. The van der Waals surface area contributed by atoms with E-state index in [0.29, 0.717) is 0 Å². The molecule has 1 atom stereocenters. The number of aromatic nitrogens is 3. The molecule has 20 heavy (non-hydrogen) atoms. The van der Waals surface area contributed by atoms with Gasteiger partial charge in [-0.05, 0) is 18.7 Å². The van der Waals surface area contributed by atoms with Gasteiger partial charge in [0.25, 0.3) is 0 Å². The number of ether oxygens (including phenoxy) is 1. The molecule has 0 saturated carbocycles. The number of nitrogens with zero attached hydrogens (tertiary/aromatic N) is 3. The van der Waals surface area contributed by atoms with Crippen LogP contribution in [0.5, 0.6) is 5.75 Å². The lowest BCUT2D eigenvalue weighted by atomic mass is 10.1. The number of aromatic amines is 1. The quantitative estimate of drug-likeness (QED) is 0.902. The molecule has 0 saturated heterocycles. The first-order valence-electron chi connectivity index (χ1n) is 7.08. The van der Waals surface area contributed by atoms with Crippen LogP contribution >= 0.6 is 0 Å². The van der Waals surface area contributed by atoms with E-state index in [1.807, 2.05) is 12.1 Å². The van der Waals surface area contributed by atoms with E-state index in [0.717, 1.165) is 43.3 Å². The first-order valence-corrected chi connectivity index (χ1v) is 7.08. The first-order chi connectivity index (χ1) is 9.74. The Labute approximate surface area is 119 Å². The summed E-state index contributed by atoms with van der Waals surface area (Å²) >= 11 is 0. The van der Waals surface area contributed by atoms with Crippen LogP contribution in [-0.4, -0.2) is 39.8 Å². The van der Waals surface area contributed by atoms with Crippen LogP contribution in [0.4, 0.5) is 0 Å². The van der Waals surface area contributed by atoms with E-state index >= 15 is 0 Å². The number of rotatable bonds is 5. The third-order valence-corrected chi connectivity index (χ3v) is 3.54. The number of H-pyrrole nitrogens is 1. The topological polar surface area (TPSA) is 54.0 Å². The highest BCUT2D eigenvalue weighted by molar-refractivity contribution is 5.37. The molecule has 0 fully saturated rings. The van der Waals surface area contributed by atoms with Gasteiger partial charge in [0, 0.05) is 19.4 Å². The van der Waals surface area contributed by atoms with Crippen molar-refractivity contribution in [1.29, 1.82) is 0 Å². The molecule has 3 rings (SSSR count). The predicted molar refractivity (Wildman–Crippen MR) is 76.7 cm³/mol. The number of aryl methyl sites for hydroxylation is 1. The van der Waals surface area contributed by atoms with Gasteiger partial charge in [0.1, 0.15) is 23.5 Å². The second kappa shape index (κ2) is 5.63.